The van der Waals surface area contributed by atoms with Crippen LogP contribution in [0.3, 0.4) is 0 Å². The number of halogens is 1. The predicted molar refractivity (Wildman–Crippen MR) is 112 cm³/mol. The van der Waals surface area contributed by atoms with E-state index in [1.807, 2.05) is 42.6 Å². The average molecular weight is 384 g/mol. The van der Waals surface area contributed by atoms with E-state index in [0.29, 0.717) is 11.8 Å². The van der Waals surface area contributed by atoms with Gasteiger partial charge in [-0.3, -0.25) is 4.99 Å². The van der Waals surface area contributed by atoms with E-state index in [1.54, 1.807) is 19.2 Å². The van der Waals surface area contributed by atoms with Crippen LogP contribution in [0.25, 0.3) is 0 Å². The van der Waals surface area contributed by atoms with Crippen LogP contribution in [0, 0.1) is 11.7 Å². The molecule has 4 heteroatoms. The molecule has 1 aliphatic heterocycles. The molecule has 1 aliphatic rings. The van der Waals surface area contributed by atoms with Crippen molar-refractivity contribution in [3.63, 3.8) is 0 Å². The second kappa shape index (κ2) is 9.33. The van der Waals surface area contributed by atoms with E-state index in [9.17, 15) is 4.39 Å². The van der Waals surface area contributed by atoms with Crippen LogP contribution in [0.4, 0.5) is 4.39 Å². The zero-order valence-corrected chi connectivity index (χ0v) is 17.0. The van der Waals surface area contributed by atoms with E-state index >= 15 is 0 Å². The SMILES string of the molecule is COc1ccc(C=NCC[C@@H](c2ccc(F)cc2)[C@@H]2CCOC(C)(C)C2)cc1. The van der Waals surface area contributed by atoms with Crippen molar-refractivity contribution in [3.05, 3.63) is 65.5 Å². The molecule has 1 heterocycles. The third-order valence-corrected chi connectivity index (χ3v) is 5.53. The lowest BCUT2D eigenvalue weighted by Crippen LogP contribution is -2.36. The number of methoxy groups -OCH3 is 1. The highest BCUT2D eigenvalue weighted by molar-refractivity contribution is 5.79. The predicted octanol–water partition coefficient (Wildman–Crippen LogP) is 5.63. The van der Waals surface area contributed by atoms with Crippen molar-refractivity contribution in [1.82, 2.24) is 0 Å². The van der Waals surface area contributed by atoms with Gasteiger partial charge in [-0.05, 0) is 92.5 Å². The summed E-state index contributed by atoms with van der Waals surface area (Å²) in [6.45, 7) is 5.84. The molecule has 2 aromatic carbocycles. The van der Waals surface area contributed by atoms with Crippen LogP contribution in [0.2, 0.25) is 0 Å². The van der Waals surface area contributed by atoms with Crippen LogP contribution in [-0.2, 0) is 4.74 Å². The van der Waals surface area contributed by atoms with E-state index in [2.05, 4.69) is 18.8 Å². The zero-order chi connectivity index (χ0) is 20.0. The first-order valence-electron chi connectivity index (χ1n) is 10.0. The normalized spacial score (nSPS) is 20.2. The van der Waals surface area contributed by atoms with Gasteiger partial charge in [-0.25, -0.2) is 4.39 Å². The third kappa shape index (κ3) is 5.65. The Hall–Kier alpha value is -2.20. The van der Waals surface area contributed by atoms with Crippen molar-refractivity contribution >= 4 is 6.21 Å². The number of rotatable bonds is 7. The Morgan fingerprint density at radius 2 is 1.89 bits per heavy atom. The zero-order valence-electron chi connectivity index (χ0n) is 17.0. The molecule has 3 rings (SSSR count). The van der Waals surface area contributed by atoms with E-state index in [4.69, 9.17) is 9.47 Å². The van der Waals surface area contributed by atoms with Crippen molar-refractivity contribution < 1.29 is 13.9 Å². The van der Waals surface area contributed by atoms with Crippen molar-refractivity contribution in [2.45, 2.75) is 44.6 Å². The quantitative estimate of drug-likeness (QED) is 0.580. The Morgan fingerprint density at radius 1 is 1.18 bits per heavy atom. The molecule has 0 aromatic heterocycles. The van der Waals surface area contributed by atoms with E-state index in [1.165, 1.54) is 5.56 Å². The maximum Gasteiger partial charge on any atom is 0.123 e. The van der Waals surface area contributed by atoms with Crippen LogP contribution in [0.1, 0.15) is 50.2 Å². The molecule has 3 nitrogen and oxygen atoms in total. The molecule has 0 spiro atoms. The van der Waals surface area contributed by atoms with Gasteiger partial charge in [-0.15, -0.1) is 0 Å². The molecule has 1 fully saturated rings. The van der Waals surface area contributed by atoms with Gasteiger partial charge in [0.1, 0.15) is 11.6 Å². The van der Waals surface area contributed by atoms with Gasteiger partial charge in [-0.1, -0.05) is 12.1 Å². The van der Waals surface area contributed by atoms with E-state index in [0.717, 1.165) is 43.7 Å². The molecule has 0 radical (unpaired) electrons. The first kappa shape index (κ1) is 20.5. The first-order valence-corrected chi connectivity index (χ1v) is 10.0. The molecular formula is C24H30FNO2. The van der Waals surface area contributed by atoms with Crippen molar-refractivity contribution in [3.8, 4) is 5.75 Å². The van der Waals surface area contributed by atoms with Gasteiger partial charge >= 0.3 is 0 Å². The monoisotopic (exact) mass is 383 g/mol. The molecule has 0 aliphatic carbocycles. The minimum absolute atomic E-state index is 0.104. The average Bonchev–Trinajstić information content (AvgIpc) is 2.69. The third-order valence-electron chi connectivity index (χ3n) is 5.53. The minimum atomic E-state index is -0.188. The summed E-state index contributed by atoms with van der Waals surface area (Å²) in [6, 6.07) is 14.9. The summed E-state index contributed by atoms with van der Waals surface area (Å²) < 4.78 is 24.5. The number of benzene rings is 2. The summed E-state index contributed by atoms with van der Waals surface area (Å²) in [6.07, 6.45) is 4.90. The van der Waals surface area contributed by atoms with Crippen LogP contribution in [0.5, 0.6) is 5.75 Å². The molecule has 1 saturated heterocycles. The number of nitrogens with zero attached hydrogens (tertiary/aromatic N) is 1. The first-order chi connectivity index (χ1) is 13.5. The maximum absolute atomic E-state index is 13.4. The fourth-order valence-electron chi connectivity index (χ4n) is 4.08. The van der Waals surface area contributed by atoms with Crippen LogP contribution >= 0.6 is 0 Å². The lowest BCUT2D eigenvalue weighted by molar-refractivity contribution is -0.0771. The molecular weight excluding hydrogens is 353 g/mol. The highest BCUT2D eigenvalue weighted by Gasteiger charge is 2.33. The lowest BCUT2D eigenvalue weighted by Gasteiger charge is -2.39. The number of hydrogen-bond donors (Lipinski definition) is 0. The Kier molecular flexibility index (Phi) is 6.84. The Balaban J connectivity index is 1.68. The fourth-order valence-corrected chi connectivity index (χ4v) is 4.08. The van der Waals surface area contributed by atoms with E-state index < -0.39 is 0 Å². The summed E-state index contributed by atoms with van der Waals surface area (Å²) >= 11 is 0. The summed E-state index contributed by atoms with van der Waals surface area (Å²) in [5.41, 5.74) is 2.16. The van der Waals surface area contributed by atoms with Gasteiger partial charge in [0.2, 0.25) is 0 Å². The lowest BCUT2D eigenvalue weighted by atomic mass is 9.75. The maximum atomic E-state index is 13.4. The van der Waals surface area contributed by atoms with Crippen LogP contribution in [-0.4, -0.2) is 32.1 Å². The largest absolute Gasteiger partial charge is 0.497 e. The van der Waals surface area contributed by atoms with Crippen LogP contribution in [0.15, 0.2) is 53.5 Å². The van der Waals surface area contributed by atoms with Crippen LogP contribution < -0.4 is 4.74 Å². The Morgan fingerprint density at radius 3 is 2.54 bits per heavy atom. The molecule has 28 heavy (non-hydrogen) atoms. The molecule has 0 amide bonds. The molecule has 0 unspecified atom stereocenters. The molecule has 150 valence electrons. The number of hydrogen-bond acceptors (Lipinski definition) is 3. The molecule has 2 atom stereocenters. The van der Waals surface area contributed by atoms with Crippen molar-refractivity contribution in [2.24, 2.45) is 10.9 Å². The smallest absolute Gasteiger partial charge is 0.123 e. The summed E-state index contributed by atoms with van der Waals surface area (Å²) in [5.74, 6) is 1.53. The summed E-state index contributed by atoms with van der Waals surface area (Å²) in [4.78, 5) is 4.64. The molecule has 0 saturated carbocycles. The highest BCUT2D eigenvalue weighted by Crippen LogP contribution is 2.40. The fraction of sp³-hybridized carbons (Fsp3) is 0.458. The summed E-state index contributed by atoms with van der Waals surface area (Å²) in [7, 11) is 1.66. The number of aliphatic imine (C=N–C) groups is 1. The minimum Gasteiger partial charge on any atom is -0.497 e. The topological polar surface area (TPSA) is 30.8 Å². The van der Waals surface area contributed by atoms with E-state index in [-0.39, 0.29) is 11.4 Å². The second-order valence-electron chi connectivity index (χ2n) is 8.12. The molecule has 2 aromatic rings. The van der Waals surface area contributed by atoms with Gasteiger partial charge in [-0.2, -0.15) is 0 Å². The van der Waals surface area contributed by atoms with Gasteiger partial charge < -0.3 is 9.47 Å². The van der Waals surface area contributed by atoms with Gasteiger partial charge in [0.15, 0.2) is 0 Å². The highest BCUT2D eigenvalue weighted by atomic mass is 19.1. The van der Waals surface area contributed by atoms with Crippen molar-refractivity contribution in [1.29, 1.82) is 0 Å². The van der Waals surface area contributed by atoms with Gasteiger partial charge in [0.25, 0.3) is 0 Å². The standard InChI is InChI=1S/C24H30FNO2/c1-24(2)16-20(13-15-28-24)23(19-6-8-21(25)9-7-19)12-14-26-17-18-4-10-22(27-3)11-5-18/h4-11,17,20,23H,12-16H2,1-3H3/t20-,23+/m1/s1. The van der Waals surface area contributed by atoms with Gasteiger partial charge in [0, 0.05) is 19.4 Å². The van der Waals surface area contributed by atoms with Gasteiger partial charge in [0.05, 0.1) is 12.7 Å². The molecule has 0 N–H and O–H groups in total. The summed E-state index contributed by atoms with van der Waals surface area (Å²) in [5, 5.41) is 0. The number of ether oxygens (including phenoxy) is 2. The second-order valence-corrected chi connectivity index (χ2v) is 8.12. The van der Waals surface area contributed by atoms with Crippen molar-refractivity contribution in [2.75, 3.05) is 20.3 Å². The Labute approximate surface area is 167 Å². The Bertz CT molecular complexity index is 768. The molecule has 0 bridgehead atoms.